The zero-order valence-corrected chi connectivity index (χ0v) is 19.0. The standard InChI is InChI=1S/C24H31N3O5/c1-24(2,3)32-23(30)25-14-13-21(28)27-19-9-5-18(6-10-19)16-26-22(29)15-17-7-11-20(31-4)12-8-17/h5-12H,13-16H2,1-4H3,(H,25,30)(H,26,29)(H,27,28). The summed E-state index contributed by atoms with van der Waals surface area (Å²) in [6.07, 6.45) is -0.138. The number of carbonyl (C=O) groups excluding carboxylic acids is 3. The first-order chi connectivity index (χ1) is 15.1. The van der Waals surface area contributed by atoms with Crippen molar-refractivity contribution in [1.82, 2.24) is 10.6 Å². The number of hydrogen-bond donors (Lipinski definition) is 3. The van der Waals surface area contributed by atoms with Crippen LogP contribution in [0.4, 0.5) is 10.5 Å². The Morgan fingerprint density at radius 2 is 1.47 bits per heavy atom. The van der Waals surface area contributed by atoms with Crippen molar-refractivity contribution in [1.29, 1.82) is 0 Å². The molecule has 0 aliphatic carbocycles. The number of benzene rings is 2. The van der Waals surface area contributed by atoms with E-state index in [1.54, 1.807) is 40.0 Å². The Morgan fingerprint density at radius 1 is 0.844 bits per heavy atom. The number of rotatable bonds is 9. The van der Waals surface area contributed by atoms with Gasteiger partial charge in [-0.05, 0) is 56.2 Å². The fourth-order valence-electron chi connectivity index (χ4n) is 2.71. The number of methoxy groups -OCH3 is 1. The molecule has 0 spiro atoms. The Morgan fingerprint density at radius 3 is 2.06 bits per heavy atom. The van der Waals surface area contributed by atoms with Gasteiger partial charge in [-0.2, -0.15) is 0 Å². The lowest BCUT2D eigenvalue weighted by atomic mass is 10.1. The predicted molar refractivity (Wildman–Crippen MR) is 122 cm³/mol. The maximum atomic E-state index is 12.1. The van der Waals surface area contributed by atoms with Crippen molar-refractivity contribution in [3.8, 4) is 5.75 Å². The van der Waals surface area contributed by atoms with Crippen LogP contribution in [0.2, 0.25) is 0 Å². The Bertz CT molecular complexity index is 903. The Kier molecular flexibility index (Phi) is 9.07. The molecular weight excluding hydrogens is 410 g/mol. The molecule has 0 aliphatic heterocycles. The largest absolute Gasteiger partial charge is 0.497 e. The number of alkyl carbamates (subject to hydrolysis) is 1. The maximum Gasteiger partial charge on any atom is 0.407 e. The van der Waals surface area contributed by atoms with E-state index in [0.717, 1.165) is 16.9 Å². The van der Waals surface area contributed by atoms with Crippen LogP contribution >= 0.6 is 0 Å². The summed E-state index contributed by atoms with van der Waals surface area (Å²) in [7, 11) is 1.60. The lowest BCUT2D eigenvalue weighted by Gasteiger charge is -2.19. The molecule has 2 aromatic rings. The Labute approximate surface area is 188 Å². The second-order valence-corrected chi connectivity index (χ2v) is 8.23. The van der Waals surface area contributed by atoms with Crippen molar-refractivity contribution in [3.63, 3.8) is 0 Å². The molecule has 0 saturated carbocycles. The average Bonchev–Trinajstić information content (AvgIpc) is 2.72. The van der Waals surface area contributed by atoms with E-state index in [2.05, 4.69) is 16.0 Å². The minimum atomic E-state index is -0.580. The molecule has 172 valence electrons. The van der Waals surface area contributed by atoms with Gasteiger partial charge in [-0.3, -0.25) is 9.59 Å². The van der Waals surface area contributed by atoms with E-state index >= 15 is 0 Å². The van der Waals surface area contributed by atoms with Gasteiger partial charge in [-0.15, -0.1) is 0 Å². The summed E-state index contributed by atoms with van der Waals surface area (Å²) in [4.78, 5) is 35.7. The molecule has 3 N–H and O–H groups in total. The van der Waals surface area contributed by atoms with Gasteiger partial charge in [0.05, 0.1) is 13.5 Å². The summed E-state index contributed by atoms with van der Waals surface area (Å²) in [5, 5.41) is 8.20. The molecule has 0 unspecified atom stereocenters. The van der Waals surface area contributed by atoms with Crippen LogP contribution in [0.5, 0.6) is 5.75 Å². The van der Waals surface area contributed by atoms with Crippen LogP contribution in [0, 0.1) is 0 Å². The third kappa shape index (κ3) is 9.51. The van der Waals surface area contributed by atoms with Gasteiger partial charge in [0.2, 0.25) is 11.8 Å². The SMILES string of the molecule is COc1ccc(CC(=O)NCc2ccc(NC(=O)CCNC(=O)OC(C)(C)C)cc2)cc1. The molecule has 0 atom stereocenters. The van der Waals surface area contributed by atoms with Crippen LogP contribution in [0.15, 0.2) is 48.5 Å². The van der Waals surface area contributed by atoms with Crippen molar-refractivity contribution in [2.75, 3.05) is 19.0 Å². The van der Waals surface area contributed by atoms with Crippen molar-refractivity contribution in [2.24, 2.45) is 0 Å². The van der Waals surface area contributed by atoms with Gasteiger partial charge in [-0.1, -0.05) is 24.3 Å². The van der Waals surface area contributed by atoms with Crippen LogP contribution in [0.25, 0.3) is 0 Å². The van der Waals surface area contributed by atoms with Gasteiger partial charge in [0.15, 0.2) is 0 Å². The van der Waals surface area contributed by atoms with Gasteiger partial charge >= 0.3 is 6.09 Å². The maximum absolute atomic E-state index is 12.1. The van der Waals surface area contributed by atoms with Crippen molar-refractivity contribution >= 4 is 23.6 Å². The molecule has 8 nitrogen and oxygen atoms in total. The van der Waals surface area contributed by atoms with E-state index in [9.17, 15) is 14.4 Å². The molecule has 0 heterocycles. The lowest BCUT2D eigenvalue weighted by molar-refractivity contribution is -0.120. The summed E-state index contributed by atoms with van der Waals surface area (Å²) in [6, 6.07) is 14.6. The summed E-state index contributed by atoms with van der Waals surface area (Å²) in [6.45, 7) is 5.89. The number of hydrogen-bond acceptors (Lipinski definition) is 5. The fourth-order valence-corrected chi connectivity index (χ4v) is 2.71. The normalized spacial score (nSPS) is 10.8. The van der Waals surface area contributed by atoms with Gasteiger partial charge < -0.3 is 25.4 Å². The second-order valence-electron chi connectivity index (χ2n) is 8.23. The van der Waals surface area contributed by atoms with Crippen LogP contribution in [0.3, 0.4) is 0 Å². The van der Waals surface area contributed by atoms with Crippen molar-refractivity contribution in [2.45, 2.75) is 45.8 Å². The van der Waals surface area contributed by atoms with E-state index in [4.69, 9.17) is 9.47 Å². The van der Waals surface area contributed by atoms with E-state index in [1.807, 2.05) is 36.4 Å². The Hall–Kier alpha value is -3.55. The number of nitrogens with one attached hydrogen (secondary N) is 3. The lowest BCUT2D eigenvalue weighted by Crippen LogP contribution is -2.34. The molecular formula is C24H31N3O5. The molecule has 0 bridgehead atoms. The summed E-state index contributed by atoms with van der Waals surface area (Å²) < 4.78 is 10.2. The molecule has 2 rings (SSSR count). The van der Waals surface area contributed by atoms with E-state index in [1.165, 1.54) is 0 Å². The number of amides is 3. The molecule has 0 fully saturated rings. The second kappa shape index (κ2) is 11.7. The number of ether oxygens (including phenoxy) is 2. The van der Waals surface area contributed by atoms with Crippen LogP contribution in [0.1, 0.15) is 38.3 Å². The van der Waals surface area contributed by atoms with Gasteiger partial charge in [0.25, 0.3) is 0 Å². The van der Waals surface area contributed by atoms with Crippen molar-refractivity contribution in [3.05, 3.63) is 59.7 Å². The molecule has 0 radical (unpaired) electrons. The minimum Gasteiger partial charge on any atom is -0.497 e. The number of carbonyl (C=O) groups is 3. The molecule has 0 aromatic heterocycles. The quantitative estimate of drug-likeness (QED) is 0.553. The van der Waals surface area contributed by atoms with E-state index < -0.39 is 11.7 Å². The highest BCUT2D eigenvalue weighted by Gasteiger charge is 2.15. The van der Waals surface area contributed by atoms with E-state index in [0.29, 0.717) is 12.2 Å². The summed E-state index contributed by atoms with van der Waals surface area (Å²) in [5.41, 5.74) is 1.88. The zero-order chi connectivity index (χ0) is 23.6. The van der Waals surface area contributed by atoms with Gasteiger partial charge in [-0.25, -0.2) is 4.79 Å². The third-order valence-electron chi connectivity index (χ3n) is 4.27. The summed E-state index contributed by atoms with van der Waals surface area (Å²) in [5.74, 6) is 0.451. The number of anilines is 1. The van der Waals surface area contributed by atoms with Crippen LogP contribution in [-0.2, 0) is 27.3 Å². The predicted octanol–water partition coefficient (Wildman–Crippen LogP) is 3.41. The third-order valence-corrected chi connectivity index (χ3v) is 4.27. The highest BCUT2D eigenvalue weighted by molar-refractivity contribution is 5.91. The van der Waals surface area contributed by atoms with Gasteiger partial charge in [0.1, 0.15) is 11.4 Å². The molecule has 2 aromatic carbocycles. The first kappa shape index (κ1) is 24.7. The molecule has 32 heavy (non-hydrogen) atoms. The smallest absolute Gasteiger partial charge is 0.407 e. The van der Waals surface area contributed by atoms with Crippen molar-refractivity contribution < 1.29 is 23.9 Å². The summed E-state index contributed by atoms with van der Waals surface area (Å²) >= 11 is 0. The topological polar surface area (TPSA) is 106 Å². The first-order valence-corrected chi connectivity index (χ1v) is 10.4. The highest BCUT2D eigenvalue weighted by atomic mass is 16.6. The Balaban J connectivity index is 1.70. The molecule has 0 saturated heterocycles. The van der Waals surface area contributed by atoms with Crippen LogP contribution in [-0.4, -0.2) is 37.2 Å². The molecule has 3 amide bonds. The molecule has 0 aliphatic rings. The first-order valence-electron chi connectivity index (χ1n) is 10.4. The van der Waals surface area contributed by atoms with E-state index in [-0.39, 0.29) is 31.2 Å². The molecule has 8 heteroatoms. The monoisotopic (exact) mass is 441 g/mol. The average molecular weight is 442 g/mol. The van der Waals surface area contributed by atoms with Gasteiger partial charge in [0, 0.05) is 25.2 Å². The minimum absolute atomic E-state index is 0.0787. The zero-order valence-electron chi connectivity index (χ0n) is 19.0. The van der Waals surface area contributed by atoms with Crippen LogP contribution < -0.4 is 20.7 Å². The fraction of sp³-hybridized carbons (Fsp3) is 0.375. The highest BCUT2D eigenvalue weighted by Crippen LogP contribution is 2.12.